The molecule has 3 atom stereocenters. The van der Waals surface area contributed by atoms with E-state index in [0.717, 1.165) is 0 Å². The van der Waals surface area contributed by atoms with Crippen LogP contribution in [0.1, 0.15) is 64.0 Å². The molecule has 0 bridgehead atoms. The molecule has 1 aliphatic rings. The fourth-order valence-corrected chi connectivity index (χ4v) is 5.47. The molecule has 1 aromatic heterocycles. The number of esters is 1. The van der Waals surface area contributed by atoms with Crippen LogP contribution in [0, 0.1) is 11.8 Å². The van der Waals surface area contributed by atoms with E-state index in [2.05, 4.69) is 15.3 Å². The van der Waals surface area contributed by atoms with Crippen LogP contribution in [0.15, 0.2) is 84.0 Å². The van der Waals surface area contributed by atoms with Gasteiger partial charge in [-0.2, -0.15) is 26.3 Å². The molecular formula is C35H36F6N4O4. The van der Waals surface area contributed by atoms with E-state index in [1.165, 1.54) is 31.9 Å². The van der Waals surface area contributed by atoms with Crippen LogP contribution in [0.4, 0.5) is 37.8 Å². The number of ether oxygens (including phenoxy) is 1. The maximum Gasteiger partial charge on any atom is 0.389 e. The van der Waals surface area contributed by atoms with Crippen molar-refractivity contribution in [1.29, 1.82) is 0 Å². The molecule has 2 aromatic carbocycles. The van der Waals surface area contributed by atoms with Crippen LogP contribution >= 0.6 is 0 Å². The highest BCUT2D eigenvalue weighted by atomic mass is 19.4. The Bertz CT molecular complexity index is 1640. The third-order valence-corrected chi connectivity index (χ3v) is 7.56. The lowest BCUT2D eigenvalue weighted by molar-refractivity contribution is -0.168. The summed E-state index contributed by atoms with van der Waals surface area (Å²) in [5.74, 6) is -6.45. The Hall–Kier alpha value is -4.75. The molecular weight excluding hydrogens is 654 g/mol. The highest BCUT2D eigenvalue weighted by Gasteiger charge is 2.42. The van der Waals surface area contributed by atoms with Gasteiger partial charge in [0.2, 0.25) is 12.1 Å². The predicted octanol–water partition coefficient (Wildman–Crippen LogP) is 7.69. The molecule has 0 saturated heterocycles. The standard InChI is InChI=1S/C35H36F6N4O4/c1-33(2,3)49-32(48)24(15-11-19-34(36,37)38)23(18-20-35(39,40)41)30(46)44-29-31(47)45(27-17-9-10-21-42-27)26-16-8-7-14-25(26)28(43-29)22-12-5-4-6-13-22/h4-10,12-14,16-17,21,23-24,29H,11,15,18-20H2,1-3H3,(H,44,46)/t23-,24+,29-/m1/s1. The number of aliphatic imine (C=N–C) groups is 1. The van der Waals surface area contributed by atoms with Crippen molar-refractivity contribution in [2.75, 3.05) is 4.90 Å². The summed E-state index contributed by atoms with van der Waals surface area (Å²) in [6.07, 6.45) is -14.7. The number of anilines is 2. The number of carbonyl (C=O) groups excluding carboxylic acids is 3. The molecule has 3 aromatic rings. The minimum atomic E-state index is -4.77. The van der Waals surface area contributed by atoms with Crippen molar-refractivity contribution < 1.29 is 45.5 Å². The number of amides is 2. The van der Waals surface area contributed by atoms with Crippen LogP contribution in [0.3, 0.4) is 0 Å². The molecule has 0 saturated carbocycles. The Balaban J connectivity index is 1.80. The summed E-state index contributed by atoms with van der Waals surface area (Å²) in [4.78, 5) is 51.8. The summed E-state index contributed by atoms with van der Waals surface area (Å²) in [6.45, 7) is 4.45. The number of hydrogen-bond acceptors (Lipinski definition) is 6. The molecule has 0 unspecified atom stereocenters. The Morgan fingerprint density at radius 2 is 1.47 bits per heavy atom. The first-order valence-corrected chi connectivity index (χ1v) is 15.6. The largest absolute Gasteiger partial charge is 0.460 e. The smallest absolute Gasteiger partial charge is 0.389 e. The van der Waals surface area contributed by atoms with Crippen molar-refractivity contribution in [1.82, 2.24) is 10.3 Å². The minimum absolute atomic E-state index is 0.163. The molecule has 0 spiro atoms. The third-order valence-electron chi connectivity index (χ3n) is 7.56. The van der Waals surface area contributed by atoms with E-state index in [0.29, 0.717) is 16.8 Å². The van der Waals surface area contributed by atoms with Gasteiger partial charge in [-0.3, -0.25) is 19.3 Å². The summed E-state index contributed by atoms with van der Waals surface area (Å²) in [7, 11) is 0. The number of carbonyl (C=O) groups is 3. The van der Waals surface area contributed by atoms with Crippen molar-refractivity contribution in [3.63, 3.8) is 0 Å². The fourth-order valence-electron chi connectivity index (χ4n) is 5.47. The fraction of sp³-hybridized carbons (Fsp3) is 0.400. The summed E-state index contributed by atoms with van der Waals surface area (Å²) in [5.41, 5.74) is 0.506. The quantitative estimate of drug-likeness (QED) is 0.164. The maximum atomic E-state index is 14.3. The molecule has 8 nitrogen and oxygen atoms in total. The summed E-state index contributed by atoms with van der Waals surface area (Å²) < 4.78 is 85.3. The number of fused-ring (bicyclic) bond motifs is 1. The summed E-state index contributed by atoms with van der Waals surface area (Å²) in [5, 5.41) is 2.44. The van der Waals surface area contributed by atoms with E-state index < -0.39 is 85.8 Å². The van der Waals surface area contributed by atoms with Gasteiger partial charge in [-0.1, -0.05) is 54.6 Å². The second kappa shape index (κ2) is 15.2. The molecule has 0 radical (unpaired) electrons. The molecule has 1 N–H and O–H groups in total. The Kier molecular flexibility index (Phi) is 11.5. The van der Waals surface area contributed by atoms with Crippen LogP contribution < -0.4 is 10.2 Å². The zero-order valence-electron chi connectivity index (χ0n) is 27.0. The van der Waals surface area contributed by atoms with E-state index in [1.54, 1.807) is 72.8 Å². The lowest BCUT2D eigenvalue weighted by Gasteiger charge is -2.30. The van der Waals surface area contributed by atoms with Crippen molar-refractivity contribution in [2.24, 2.45) is 16.8 Å². The highest BCUT2D eigenvalue weighted by molar-refractivity contribution is 6.21. The van der Waals surface area contributed by atoms with Gasteiger partial charge in [-0.25, -0.2) is 9.98 Å². The van der Waals surface area contributed by atoms with Gasteiger partial charge in [-0.05, 0) is 58.2 Å². The zero-order chi connectivity index (χ0) is 36.0. The van der Waals surface area contributed by atoms with Crippen LogP contribution in [0.5, 0.6) is 0 Å². The predicted molar refractivity (Wildman–Crippen MR) is 170 cm³/mol. The molecule has 14 heteroatoms. The number of alkyl halides is 6. The Morgan fingerprint density at radius 3 is 2.08 bits per heavy atom. The van der Waals surface area contributed by atoms with Crippen molar-refractivity contribution >= 4 is 35.0 Å². The number of pyridine rings is 1. The SMILES string of the molecule is CC(C)(C)OC(=O)[C@@H](CCCC(F)(F)F)[C@@H](CCC(F)(F)F)C(=O)N[C@H]1N=C(c2ccccc2)c2ccccc2N(c2ccccn2)C1=O. The first-order valence-electron chi connectivity index (χ1n) is 15.6. The Morgan fingerprint density at radius 1 is 0.837 bits per heavy atom. The maximum absolute atomic E-state index is 14.3. The average molecular weight is 691 g/mol. The number of hydrogen-bond donors (Lipinski definition) is 1. The molecule has 49 heavy (non-hydrogen) atoms. The molecule has 4 rings (SSSR count). The third kappa shape index (κ3) is 10.4. The van der Waals surface area contributed by atoms with Gasteiger partial charge < -0.3 is 10.1 Å². The first kappa shape index (κ1) is 37.1. The topological polar surface area (TPSA) is 101 Å². The Labute approximate surface area is 279 Å². The highest BCUT2D eigenvalue weighted by Crippen LogP contribution is 2.35. The monoisotopic (exact) mass is 690 g/mol. The second-order valence-electron chi connectivity index (χ2n) is 12.5. The number of nitrogens with zero attached hydrogens (tertiary/aromatic N) is 3. The van der Waals surface area contributed by atoms with E-state index in [1.807, 2.05) is 0 Å². The van der Waals surface area contributed by atoms with E-state index in [4.69, 9.17) is 4.74 Å². The molecule has 0 aliphatic carbocycles. The number of para-hydroxylation sites is 1. The van der Waals surface area contributed by atoms with Gasteiger partial charge in [0.05, 0.1) is 23.2 Å². The molecule has 1 aliphatic heterocycles. The van der Waals surface area contributed by atoms with Crippen LogP contribution in [0.2, 0.25) is 0 Å². The number of benzene rings is 2. The van der Waals surface area contributed by atoms with E-state index >= 15 is 0 Å². The van der Waals surface area contributed by atoms with Gasteiger partial charge in [-0.15, -0.1) is 0 Å². The van der Waals surface area contributed by atoms with E-state index in [-0.39, 0.29) is 11.5 Å². The van der Waals surface area contributed by atoms with Gasteiger partial charge in [0.1, 0.15) is 11.4 Å². The normalized spacial score (nSPS) is 16.6. The number of nitrogens with one attached hydrogen (secondary N) is 1. The van der Waals surface area contributed by atoms with Crippen LogP contribution in [-0.2, 0) is 19.1 Å². The minimum Gasteiger partial charge on any atom is -0.460 e. The summed E-state index contributed by atoms with van der Waals surface area (Å²) >= 11 is 0. The summed E-state index contributed by atoms with van der Waals surface area (Å²) in [6, 6.07) is 20.2. The van der Waals surface area contributed by atoms with Gasteiger partial charge in [0, 0.05) is 30.2 Å². The van der Waals surface area contributed by atoms with Crippen molar-refractivity contribution in [2.45, 2.75) is 77.0 Å². The number of benzodiazepines with no additional fused rings is 1. The van der Waals surface area contributed by atoms with E-state index in [9.17, 15) is 40.7 Å². The van der Waals surface area contributed by atoms with Crippen LogP contribution in [-0.4, -0.2) is 52.6 Å². The molecule has 262 valence electrons. The second-order valence-corrected chi connectivity index (χ2v) is 12.5. The number of aromatic nitrogens is 1. The zero-order valence-corrected chi connectivity index (χ0v) is 27.0. The molecule has 2 amide bonds. The van der Waals surface area contributed by atoms with Gasteiger partial charge in [0.15, 0.2) is 0 Å². The molecule has 0 fully saturated rings. The van der Waals surface area contributed by atoms with Crippen molar-refractivity contribution in [3.05, 3.63) is 90.1 Å². The van der Waals surface area contributed by atoms with Gasteiger partial charge >= 0.3 is 18.3 Å². The van der Waals surface area contributed by atoms with Crippen LogP contribution in [0.25, 0.3) is 0 Å². The lowest BCUT2D eigenvalue weighted by Crippen LogP contribution is -2.50. The molecule has 2 heterocycles. The lowest BCUT2D eigenvalue weighted by atomic mass is 9.83. The van der Waals surface area contributed by atoms with Crippen molar-refractivity contribution in [3.8, 4) is 0 Å². The first-order chi connectivity index (χ1) is 22.9. The number of halogens is 6. The number of rotatable bonds is 11. The van der Waals surface area contributed by atoms with Gasteiger partial charge in [0.25, 0.3) is 5.91 Å². The average Bonchev–Trinajstić information content (AvgIpc) is 3.13.